The van der Waals surface area contributed by atoms with Gasteiger partial charge in [0, 0.05) is 24.5 Å². The molecule has 5 heteroatoms. The molecule has 0 radical (unpaired) electrons. The average Bonchev–Trinajstić information content (AvgIpc) is 3.33. The van der Waals surface area contributed by atoms with Gasteiger partial charge in [-0.3, -0.25) is 9.59 Å². The zero-order valence-corrected chi connectivity index (χ0v) is 18.3. The molecule has 2 N–H and O–H groups in total. The third kappa shape index (κ3) is 3.63. The molecule has 2 aliphatic rings. The summed E-state index contributed by atoms with van der Waals surface area (Å²) < 4.78 is 6.01. The number of phenolic OH excluding ortho intramolecular Hbond substituents is 2. The molecule has 1 aromatic rings. The Morgan fingerprint density at radius 1 is 0.900 bits per heavy atom. The molecule has 3 rings (SSSR count). The molecule has 160 valence electrons. The van der Waals surface area contributed by atoms with Crippen molar-refractivity contribution in [3.05, 3.63) is 58.2 Å². The van der Waals surface area contributed by atoms with E-state index in [2.05, 4.69) is 19.9 Å². The smallest absolute Gasteiger partial charge is 0.202 e. The highest BCUT2D eigenvalue weighted by Crippen LogP contribution is 2.61. The summed E-state index contributed by atoms with van der Waals surface area (Å²) >= 11 is 0. The van der Waals surface area contributed by atoms with E-state index < -0.39 is 22.7 Å². The van der Waals surface area contributed by atoms with E-state index in [-0.39, 0.29) is 35.5 Å². The highest BCUT2D eigenvalue weighted by Gasteiger charge is 2.79. The van der Waals surface area contributed by atoms with Gasteiger partial charge in [0.15, 0.2) is 17.0 Å². The molecule has 0 saturated carbocycles. The van der Waals surface area contributed by atoms with Crippen molar-refractivity contribution >= 4 is 11.6 Å². The highest BCUT2D eigenvalue weighted by atomic mass is 16.6. The summed E-state index contributed by atoms with van der Waals surface area (Å²) in [6, 6.07) is 2.33. The second-order valence-corrected chi connectivity index (χ2v) is 8.86. The third-order valence-electron chi connectivity index (χ3n) is 5.89. The summed E-state index contributed by atoms with van der Waals surface area (Å²) in [7, 11) is 0. The van der Waals surface area contributed by atoms with Gasteiger partial charge in [-0.25, -0.2) is 0 Å². The van der Waals surface area contributed by atoms with Crippen LogP contribution in [-0.4, -0.2) is 33.0 Å². The SMILES string of the molecule is CC(C)=CCCC(C)=CC[C@@]12O[C@]1(CC=C(C)C)C(=O)c1c(O)cc(O)cc1C2=O. The van der Waals surface area contributed by atoms with Crippen LogP contribution in [-0.2, 0) is 4.74 Å². The van der Waals surface area contributed by atoms with Gasteiger partial charge < -0.3 is 14.9 Å². The molecule has 1 saturated heterocycles. The Morgan fingerprint density at radius 2 is 1.50 bits per heavy atom. The van der Waals surface area contributed by atoms with Gasteiger partial charge in [0.25, 0.3) is 0 Å². The van der Waals surface area contributed by atoms with E-state index in [1.54, 1.807) is 0 Å². The fourth-order valence-corrected chi connectivity index (χ4v) is 4.14. The lowest BCUT2D eigenvalue weighted by Gasteiger charge is -2.25. The normalized spacial score (nSPS) is 24.8. The van der Waals surface area contributed by atoms with E-state index in [1.165, 1.54) is 11.6 Å². The van der Waals surface area contributed by atoms with E-state index in [1.807, 2.05) is 32.9 Å². The Kier molecular flexibility index (Phi) is 5.79. The van der Waals surface area contributed by atoms with Crippen LogP contribution in [0.4, 0.5) is 0 Å². The predicted octanol–water partition coefficient (Wildman–Crippen LogP) is 5.42. The molecular formula is C25H30O5. The first-order chi connectivity index (χ1) is 14.0. The van der Waals surface area contributed by atoms with Crippen molar-refractivity contribution in [2.24, 2.45) is 0 Å². The van der Waals surface area contributed by atoms with Crippen LogP contribution in [0.2, 0.25) is 0 Å². The number of benzene rings is 1. The maximum atomic E-state index is 13.4. The largest absolute Gasteiger partial charge is 0.508 e. The minimum Gasteiger partial charge on any atom is -0.508 e. The number of hydrogen-bond donors (Lipinski definition) is 2. The van der Waals surface area contributed by atoms with E-state index in [0.29, 0.717) is 0 Å². The standard InChI is InChI=1S/C25H30O5/c1-15(2)7-6-8-17(5)10-12-24-22(28)19-13-18(26)14-20(27)21(19)23(29)25(24,30-24)11-9-16(3)4/h7,9-10,13-14,26-27H,6,8,11-12H2,1-5H3/t24-,25+/m0/s1. The van der Waals surface area contributed by atoms with Crippen molar-refractivity contribution in [1.82, 2.24) is 0 Å². The first kappa shape index (κ1) is 22.0. The van der Waals surface area contributed by atoms with Crippen LogP contribution in [0, 0.1) is 0 Å². The van der Waals surface area contributed by atoms with Gasteiger partial charge in [0.05, 0.1) is 5.56 Å². The fourth-order valence-electron chi connectivity index (χ4n) is 4.14. The van der Waals surface area contributed by atoms with Crippen LogP contribution in [0.5, 0.6) is 11.5 Å². The quantitative estimate of drug-likeness (QED) is 0.463. The number of ether oxygens (including phenoxy) is 1. The van der Waals surface area contributed by atoms with Gasteiger partial charge in [-0.1, -0.05) is 34.9 Å². The number of aromatic hydroxyl groups is 2. The first-order valence-corrected chi connectivity index (χ1v) is 10.3. The number of phenols is 2. The molecular weight excluding hydrogens is 380 g/mol. The fraction of sp³-hybridized carbons (Fsp3) is 0.440. The number of epoxide rings is 1. The van der Waals surface area contributed by atoms with E-state index >= 15 is 0 Å². The molecule has 30 heavy (non-hydrogen) atoms. The number of allylic oxidation sites excluding steroid dienone is 4. The van der Waals surface area contributed by atoms with Crippen LogP contribution in [0.15, 0.2) is 47.1 Å². The molecule has 1 aliphatic heterocycles. The number of carbonyl (C=O) groups is 2. The van der Waals surface area contributed by atoms with Gasteiger partial charge in [-0.2, -0.15) is 0 Å². The van der Waals surface area contributed by atoms with Gasteiger partial charge >= 0.3 is 0 Å². The molecule has 0 unspecified atom stereocenters. The van der Waals surface area contributed by atoms with Crippen molar-refractivity contribution in [3.8, 4) is 11.5 Å². The minimum absolute atomic E-state index is 0.0263. The number of hydrogen-bond acceptors (Lipinski definition) is 5. The Bertz CT molecular complexity index is 989. The van der Waals surface area contributed by atoms with E-state index in [4.69, 9.17) is 4.74 Å². The monoisotopic (exact) mass is 410 g/mol. The Hall–Kier alpha value is -2.66. The third-order valence-corrected chi connectivity index (χ3v) is 5.89. The summed E-state index contributed by atoms with van der Waals surface area (Å²) in [5, 5.41) is 20.1. The number of carbonyl (C=O) groups excluding carboxylic acids is 2. The van der Waals surface area contributed by atoms with Crippen molar-refractivity contribution in [1.29, 1.82) is 0 Å². The molecule has 0 amide bonds. The second-order valence-electron chi connectivity index (χ2n) is 8.86. The maximum Gasteiger partial charge on any atom is 0.202 e. The lowest BCUT2D eigenvalue weighted by atomic mass is 9.70. The molecule has 1 aliphatic carbocycles. The molecule has 1 aromatic carbocycles. The van der Waals surface area contributed by atoms with Crippen LogP contribution >= 0.6 is 0 Å². The van der Waals surface area contributed by atoms with Crippen molar-refractivity contribution < 1.29 is 24.5 Å². The first-order valence-electron chi connectivity index (χ1n) is 10.3. The van der Waals surface area contributed by atoms with Crippen molar-refractivity contribution in [2.75, 3.05) is 0 Å². The van der Waals surface area contributed by atoms with Crippen molar-refractivity contribution in [2.45, 2.75) is 71.5 Å². The minimum atomic E-state index is -1.31. The topological polar surface area (TPSA) is 87.1 Å². The van der Waals surface area contributed by atoms with Gasteiger partial charge in [0.1, 0.15) is 11.5 Å². The second kappa shape index (κ2) is 7.88. The van der Waals surface area contributed by atoms with Gasteiger partial charge in [-0.05, 0) is 53.5 Å². The molecule has 5 nitrogen and oxygen atoms in total. The predicted molar refractivity (Wildman–Crippen MR) is 116 cm³/mol. The number of fused-ring (bicyclic) bond motifs is 2. The lowest BCUT2D eigenvalue weighted by Crippen LogP contribution is -2.44. The van der Waals surface area contributed by atoms with Crippen LogP contribution < -0.4 is 0 Å². The van der Waals surface area contributed by atoms with Gasteiger partial charge in [0.2, 0.25) is 5.78 Å². The Labute approximate surface area is 177 Å². The summed E-state index contributed by atoms with van der Waals surface area (Å²) in [6.07, 6.45) is 8.36. The zero-order chi connectivity index (χ0) is 22.3. The van der Waals surface area contributed by atoms with Gasteiger partial charge in [-0.15, -0.1) is 0 Å². The summed E-state index contributed by atoms with van der Waals surface area (Å²) in [6.45, 7) is 9.97. The van der Waals surface area contributed by atoms with Crippen LogP contribution in [0.3, 0.4) is 0 Å². The summed E-state index contributed by atoms with van der Waals surface area (Å²) in [5.74, 6) is -1.41. The zero-order valence-electron chi connectivity index (χ0n) is 18.3. The Morgan fingerprint density at radius 3 is 2.13 bits per heavy atom. The average molecular weight is 411 g/mol. The number of Topliss-reactive ketones (excluding diaryl/α,β-unsaturated/α-hetero) is 2. The molecule has 0 aromatic heterocycles. The summed E-state index contributed by atoms with van der Waals surface area (Å²) in [4.78, 5) is 26.8. The molecule has 1 heterocycles. The molecule has 2 atom stereocenters. The molecule has 1 fully saturated rings. The number of ketones is 2. The van der Waals surface area contributed by atoms with Crippen molar-refractivity contribution in [3.63, 3.8) is 0 Å². The maximum absolute atomic E-state index is 13.4. The lowest BCUT2D eigenvalue weighted by molar-refractivity contribution is 0.0837. The Balaban J connectivity index is 1.99. The van der Waals surface area contributed by atoms with Crippen LogP contribution in [0.1, 0.15) is 81.0 Å². The van der Waals surface area contributed by atoms with E-state index in [9.17, 15) is 19.8 Å². The summed E-state index contributed by atoms with van der Waals surface area (Å²) in [5.41, 5.74) is 0.773. The van der Waals surface area contributed by atoms with Crippen LogP contribution in [0.25, 0.3) is 0 Å². The molecule has 0 spiro atoms. The highest BCUT2D eigenvalue weighted by molar-refractivity contribution is 6.26. The number of rotatable bonds is 7. The molecule has 0 bridgehead atoms. The van der Waals surface area contributed by atoms with E-state index in [0.717, 1.165) is 30.1 Å².